The Morgan fingerprint density at radius 2 is 2.06 bits per heavy atom. The summed E-state index contributed by atoms with van der Waals surface area (Å²) in [4.78, 5) is 4.47. The number of nitrogens with two attached hydrogens (primary N) is 1. The Labute approximate surface area is 101 Å². The van der Waals surface area contributed by atoms with E-state index in [2.05, 4.69) is 28.9 Å². The number of rotatable bonds is 2. The van der Waals surface area contributed by atoms with Crippen molar-refractivity contribution in [2.24, 2.45) is 12.8 Å². The number of hydrogen-bond acceptors (Lipinski definition) is 2. The van der Waals surface area contributed by atoms with Gasteiger partial charge in [-0.05, 0) is 43.4 Å². The molecule has 0 unspecified atom stereocenters. The van der Waals surface area contributed by atoms with Crippen molar-refractivity contribution in [1.29, 1.82) is 0 Å². The van der Waals surface area contributed by atoms with E-state index in [9.17, 15) is 0 Å². The zero-order valence-corrected chi connectivity index (χ0v) is 10.1. The minimum atomic E-state index is 0.0805. The average Bonchev–Trinajstić information content (AvgIpc) is 3.23. The molecule has 3 heteroatoms. The maximum absolute atomic E-state index is 6.49. The Bertz CT molecular complexity index is 603. The molecule has 88 valence electrons. The van der Waals surface area contributed by atoms with E-state index in [4.69, 9.17) is 5.73 Å². The minimum absolute atomic E-state index is 0.0805. The first-order valence-corrected chi connectivity index (χ1v) is 6.36. The molecule has 0 saturated heterocycles. The molecular formula is C14H17N3. The largest absolute Gasteiger partial charge is 0.335 e. The highest BCUT2D eigenvalue weighted by atomic mass is 15.0. The lowest BCUT2D eigenvalue weighted by Gasteiger charge is -2.22. The fourth-order valence-electron chi connectivity index (χ4n) is 3.37. The van der Waals surface area contributed by atoms with Gasteiger partial charge < -0.3 is 10.3 Å². The first-order chi connectivity index (χ1) is 8.16. The Balaban J connectivity index is 1.98. The molecule has 0 radical (unpaired) electrons. The van der Waals surface area contributed by atoms with Gasteiger partial charge in [-0.2, -0.15) is 0 Å². The van der Waals surface area contributed by atoms with Gasteiger partial charge in [0.15, 0.2) is 0 Å². The number of pyridine rings is 1. The molecule has 2 aromatic rings. The normalized spacial score (nSPS) is 23.9. The van der Waals surface area contributed by atoms with Crippen molar-refractivity contribution in [1.82, 2.24) is 9.55 Å². The van der Waals surface area contributed by atoms with Crippen molar-refractivity contribution in [3.05, 3.63) is 30.1 Å². The summed E-state index contributed by atoms with van der Waals surface area (Å²) in [5.74, 6) is 0. The van der Waals surface area contributed by atoms with E-state index in [0.717, 1.165) is 5.65 Å². The molecule has 2 heterocycles. The van der Waals surface area contributed by atoms with Crippen LogP contribution in [0.5, 0.6) is 0 Å². The Kier molecular flexibility index (Phi) is 1.55. The van der Waals surface area contributed by atoms with Crippen LogP contribution in [0.1, 0.15) is 31.2 Å². The smallest absolute Gasteiger partial charge is 0.139 e. The lowest BCUT2D eigenvalue weighted by atomic mass is 9.86. The number of aryl methyl sites for hydroxylation is 1. The molecule has 0 aromatic carbocycles. The number of nitrogens with zero attached hydrogens (tertiary/aromatic N) is 2. The van der Waals surface area contributed by atoms with Crippen LogP contribution in [0.15, 0.2) is 24.5 Å². The summed E-state index contributed by atoms with van der Waals surface area (Å²) >= 11 is 0. The quantitative estimate of drug-likeness (QED) is 0.853. The molecule has 2 aromatic heterocycles. The molecule has 17 heavy (non-hydrogen) atoms. The van der Waals surface area contributed by atoms with Gasteiger partial charge in [0.05, 0.1) is 0 Å². The van der Waals surface area contributed by atoms with Crippen LogP contribution in [0.25, 0.3) is 11.0 Å². The van der Waals surface area contributed by atoms with Crippen LogP contribution in [0, 0.1) is 0 Å². The zero-order valence-electron chi connectivity index (χ0n) is 10.1. The molecule has 0 bridgehead atoms. The highest BCUT2D eigenvalue weighted by molar-refractivity contribution is 5.82. The van der Waals surface area contributed by atoms with Gasteiger partial charge in [-0.15, -0.1) is 0 Å². The third-order valence-electron chi connectivity index (χ3n) is 4.74. The number of aromatic nitrogens is 2. The van der Waals surface area contributed by atoms with E-state index in [1.165, 1.54) is 36.6 Å². The maximum atomic E-state index is 6.49. The number of fused-ring (bicyclic) bond motifs is 1. The van der Waals surface area contributed by atoms with Crippen LogP contribution < -0.4 is 5.73 Å². The van der Waals surface area contributed by atoms with Gasteiger partial charge in [0.2, 0.25) is 0 Å². The van der Waals surface area contributed by atoms with Crippen LogP contribution in [0.3, 0.4) is 0 Å². The molecule has 4 rings (SSSR count). The predicted octanol–water partition coefficient (Wildman–Crippen LogP) is 2.10. The van der Waals surface area contributed by atoms with Gasteiger partial charge in [-0.3, -0.25) is 0 Å². The van der Waals surface area contributed by atoms with E-state index in [0.29, 0.717) is 0 Å². The third kappa shape index (κ3) is 1.08. The molecule has 2 saturated carbocycles. The summed E-state index contributed by atoms with van der Waals surface area (Å²) in [6, 6.07) is 4.21. The molecule has 0 atom stereocenters. The summed E-state index contributed by atoms with van der Waals surface area (Å²) in [5, 5.41) is 1.30. The van der Waals surface area contributed by atoms with Gasteiger partial charge in [0.1, 0.15) is 5.65 Å². The van der Waals surface area contributed by atoms with Crippen LogP contribution in [0.2, 0.25) is 0 Å². The van der Waals surface area contributed by atoms with Crippen LogP contribution in [-0.2, 0) is 12.5 Å². The lowest BCUT2D eigenvalue weighted by Crippen LogP contribution is -2.37. The topological polar surface area (TPSA) is 43.8 Å². The van der Waals surface area contributed by atoms with E-state index in [1.807, 2.05) is 12.3 Å². The predicted molar refractivity (Wildman–Crippen MR) is 67.8 cm³/mol. The summed E-state index contributed by atoms with van der Waals surface area (Å²) in [6.07, 6.45) is 8.97. The number of hydrogen-bond donors (Lipinski definition) is 1. The Morgan fingerprint density at radius 1 is 1.29 bits per heavy atom. The average molecular weight is 227 g/mol. The Morgan fingerprint density at radius 3 is 2.71 bits per heavy atom. The molecule has 2 N–H and O–H groups in total. The van der Waals surface area contributed by atoms with Gasteiger partial charge in [-0.25, -0.2) is 4.98 Å². The highest BCUT2D eigenvalue weighted by Gasteiger charge is 2.64. The standard InChI is InChI=1S/C14H17N3/c1-17-9-11(10-3-2-8-16-12(10)17)13(4-5-13)14(15)6-7-14/h2-3,8-9H,4-7,15H2,1H3. The highest BCUT2D eigenvalue weighted by Crippen LogP contribution is 2.64. The minimum Gasteiger partial charge on any atom is -0.335 e. The molecule has 2 aliphatic carbocycles. The van der Waals surface area contributed by atoms with Gasteiger partial charge in [-0.1, -0.05) is 0 Å². The van der Waals surface area contributed by atoms with Gasteiger partial charge in [0.25, 0.3) is 0 Å². The van der Waals surface area contributed by atoms with E-state index in [-0.39, 0.29) is 11.0 Å². The van der Waals surface area contributed by atoms with Crippen molar-refractivity contribution in [2.75, 3.05) is 0 Å². The van der Waals surface area contributed by atoms with Crippen LogP contribution in [-0.4, -0.2) is 15.1 Å². The SMILES string of the molecule is Cn1cc(C2(C3(N)CC3)CC2)c2cccnc21. The molecular weight excluding hydrogens is 210 g/mol. The first kappa shape index (κ1) is 9.66. The molecule has 2 fully saturated rings. The Hall–Kier alpha value is -1.35. The zero-order chi connectivity index (χ0) is 11.7. The van der Waals surface area contributed by atoms with Crippen LogP contribution in [0.4, 0.5) is 0 Å². The summed E-state index contributed by atoms with van der Waals surface area (Å²) in [6.45, 7) is 0. The van der Waals surface area contributed by atoms with Crippen LogP contribution >= 0.6 is 0 Å². The molecule has 3 nitrogen and oxygen atoms in total. The van der Waals surface area contributed by atoms with E-state index >= 15 is 0 Å². The van der Waals surface area contributed by atoms with Crippen molar-refractivity contribution >= 4 is 11.0 Å². The second kappa shape index (κ2) is 2.72. The van der Waals surface area contributed by atoms with Crippen molar-refractivity contribution in [2.45, 2.75) is 36.6 Å². The van der Waals surface area contributed by atoms with Crippen molar-refractivity contribution < 1.29 is 0 Å². The van der Waals surface area contributed by atoms with Crippen molar-refractivity contribution in [3.63, 3.8) is 0 Å². The first-order valence-electron chi connectivity index (χ1n) is 6.36. The molecule has 0 amide bonds. The molecule has 0 aliphatic heterocycles. The molecule has 0 spiro atoms. The fourth-order valence-corrected chi connectivity index (χ4v) is 3.37. The summed E-state index contributed by atoms with van der Waals surface area (Å²) < 4.78 is 2.14. The van der Waals surface area contributed by atoms with E-state index in [1.54, 1.807) is 0 Å². The second-order valence-electron chi connectivity index (χ2n) is 5.77. The van der Waals surface area contributed by atoms with Gasteiger partial charge >= 0.3 is 0 Å². The monoisotopic (exact) mass is 227 g/mol. The lowest BCUT2D eigenvalue weighted by molar-refractivity contribution is 0.505. The maximum Gasteiger partial charge on any atom is 0.139 e. The fraction of sp³-hybridized carbons (Fsp3) is 0.500. The second-order valence-corrected chi connectivity index (χ2v) is 5.77. The summed E-state index contributed by atoms with van der Waals surface area (Å²) in [5.41, 5.74) is 9.34. The third-order valence-corrected chi connectivity index (χ3v) is 4.74. The van der Waals surface area contributed by atoms with E-state index < -0.39 is 0 Å². The molecule has 2 aliphatic rings. The van der Waals surface area contributed by atoms with Gasteiger partial charge in [0, 0.05) is 35.8 Å². The van der Waals surface area contributed by atoms with Crippen molar-refractivity contribution in [3.8, 4) is 0 Å². The summed E-state index contributed by atoms with van der Waals surface area (Å²) in [7, 11) is 2.07.